The summed E-state index contributed by atoms with van der Waals surface area (Å²) < 4.78 is 17.3. The van der Waals surface area contributed by atoms with E-state index in [-0.39, 0.29) is 36.8 Å². The first-order chi connectivity index (χ1) is 21.3. The molecular formula is C31H47N5O9. The highest BCUT2D eigenvalue weighted by Crippen LogP contribution is 2.32. The number of aromatic amines is 1. The number of aromatic nitrogens is 2. The minimum Gasteiger partial charge on any atom is -0.492 e. The van der Waals surface area contributed by atoms with Crippen LogP contribution in [0, 0.1) is 12.3 Å². The lowest BCUT2D eigenvalue weighted by molar-refractivity contribution is -0.278. The largest absolute Gasteiger partial charge is 0.492 e. The van der Waals surface area contributed by atoms with Crippen LogP contribution in [0.5, 0.6) is 11.6 Å². The Morgan fingerprint density at radius 1 is 1.16 bits per heavy atom. The number of piperazine rings is 1. The van der Waals surface area contributed by atoms with Gasteiger partial charge >= 0.3 is 0 Å². The third-order valence-corrected chi connectivity index (χ3v) is 8.36. The molecule has 45 heavy (non-hydrogen) atoms. The Bertz CT molecular complexity index is 1310. The topological polar surface area (TPSA) is 199 Å². The summed E-state index contributed by atoms with van der Waals surface area (Å²) in [5, 5.41) is 53.5. The minimum atomic E-state index is -1.57. The zero-order chi connectivity index (χ0) is 32.9. The van der Waals surface area contributed by atoms with E-state index in [2.05, 4.69) is 20.8 Å². The van der Waals surface area contributed by atoms with Crippen LogP contribution in [0.2, 0.25) is 0 Å². The van der Waals surface area contributed by atoms with Crippen LogP contribution in [-0.2, 0) is 20.7 Å². The normalized spacial score (nSPS) is 24.0. The Labute approximate surface area is 263 Å². The summed E-state index contributed by atoms with van der Waals surface area (Å²) in [7, 11) is 0. The van der Waals surface area contributed by atoms with Gasteiger partial charge in [-0.3, -0.25) is 14.7 Å². The molecule has 0 spiro atoms. The number of rotatable bonds is 12. The maximum absolute atomic E-state index is 12.9. The molecule has 0 unspecified atom stereocenters. The zero-order valence-electron chi connectivity index (χ0n) is 26.6. The van der Waals surface area contributed by atoms with Gasteiger partial charge in [-0.1, -0.05) is 19.9 Å². The number of hydrogen-bond donors (Lipinski definition) is 7. The molecule has 0 radical (unpaired) electrons. The van der Waals surface area contributed by atoms with E-state index in [9.17, 15) is 30.0 Å². The second-order valence-corrected chi connectivity index (χ2v) is 12.4. The predicted octanol–water partition coefficient (Wildman–Crippen LogP) is -0.436. The van der Waals surface area contributed by atoms with E-state index in [1.165, 1.54) is 0 Å². The number of aryl methyl sites for hydroxylation is 1. The van der Waals surface area contributed by atoms with Gasteiger partial charge in [0.25, 0.3) is 0 Å². The molecule has 0 aliphatic carbocycles. The number of H-pyrrole nitrogens is 1. The van der Waals surface area contributed by atoms with Gasteiger partial charge in [0.05, 0.1) is 13.2 Å². The van der Waals surface area contributed by atoms with Gasteiger partial charge in [0.15, 0.2) is 0 Å². The van der Waals surface area contributed by atoms with Crippen LogP contribution < -0.4 is 20.1 Å². The van der Waals surface area contributed by atoms with Gasteiger partial charge in [0.2, 0.25) is 24.0 Å². The van der Waals surface area contributed by atoms with Crippen LogP contribution in [0.4, 0.5) is 0 Å². The fraction of sp³-hybridized carbons (Fsp3) is 0.645. The molecule has 2 aliphatic heterocycles. The van der Waals surface area contributed by atoms with Crippen LogP contribution >= 0.6 is 0 Å². The van der Waals surface area contributed by atoms with Crippen LogP contribution in [0.1, 0.15) is 56.0 Å². The number of benzene rings is 1. The maximum atomic E-state index is 12.9. The van der Waals surface area contributed by atoms with Crippen molar-refractivity contribution in [3.8, 4) is 11.6 Å². The van der Waals surface area contributed by atoms with Crippen LogP contribution in [-0.4, -0.2) is 124 Å². The molecular weight excluding hydrogens is 586 g/mol. The molecule has 2 amide bonds. The summed E-state index contributed by atoms with van der Waals surface area (Å²) in [4.78, 5) is 27.4. The molecule has 2 saturated heterocycles. The second-order valence-electron chi connectivity index (χ2n) is 12.4. The first kappa shape index (κ1) is 34.6. The van der Waals surface area contributed by atoms with Crippen LogP contribution in [0.3, 0.4) is 0 Å². The van der Waals surface area contributed by atoms with Crippen molar-refractivity contribution in [1.29, 1.82) is 0 Å². The number of hydrogen-bond acceptors (Lipinski definition) is 11. The fourth-order valence-corrected chi connectivity index (χ4v) is 5.44. The van der Waals surface area contributed by atoms with Crippen molar-refractivity contribution in [3.63, 3.8) is 0 Å². The lowest BCUT2D eigenvalue weighted by atomic mass is 9.90. The molecule has 250 valence electrons. The molecule has 3 heterocycles. The highest BCUT2D eigenvalue weighted by molar-refractivity contribution is 6.04. The van der Waals surface area contributed by atoms with Crippen molar-refractivity contribution in [2.45, 2.75) is 77.7 Å². The van der Waals surface area contributed by atoms with Gasteiger partial charge in [-0.15, -0.1) is 5.10 Å². The van der Waals surface area contributed by atoms with E-state index in [1.54, 1.807) is 18.7 Å². The molecule has 7 N–H and O–H groups in total. The Hall–Kier alpha value is -3.27. The van der Waals surface area contributed by atoms with E-state index >= 15 is 0 Å². The van der Waals surface area contributed by atoms with E-state index < -0.39 is 42.7 Å². The smallest absolute Gasteiger partial charge is 0.238 e. The van der Waals surface area contributed by atoms with E-state index in [4.69, 9.17) is 14.2 Å². The van der Waals surface area contributed by atoms with Gasteiger partial charge in [-0.05, 0) is 49.9 Å². The zero-order valence-corrected chi connectivity index (χ0v) is 26.6. The summed E-state index contributed by atoms with van der Waals surface area (Å²) in [6.07, 6.45) is -6.65. The molecule has 0 saturated carbocycles. The Balaban J connectivity index is 1.36. The van der Waals surface area contributed by atoms with E-state index in [1.807, 2.05) is 39.0 Å². The monoisotopic (exact) mass is 633 g/mol. The lowest BCUT2D eigenvalue weighted by Gasteiger charge is -2.39. The lowest BCUT2D eigenvalue weighted by Crippen LogP contribution is -2.60. The maximum Gasteiger partial charge on any atom is 0.238 e. The number of carbonyl (C=O) groups excluding carboxylic acids is 2. The summed E-state index contributed by atoms with van der Waals surface area (Å²) >= 11 is 0. The summed E-state index contributed by atoms with van der Waals surface area (Å²) in [5.41, 5.74) is 2.28. The van der Waals surface area contributed by atoms with Crippen LogP contribution in [0.15, 0.2) is 18.2 Å². The van der Waals surface area contributed by atoms with E-state index in [0.717, 1.165) is 22.4 Å². The van der Waals surface area contributed by atoms with Crippen molar-refractivity contribution < 1.29 is 44.2 Å². The summed E-state index contributed by atoms with van der Waals surface area (Å²) in [5.74, 6) is 0.333. The molecule has 1 aromatic heterocycles. The van der Waals surface area contributed by atoms with Gasteiger partial charge in [-0.25, -0.2) is 0 Å². The minimum absolute atomic E-state index is 0.0647. The third-order valence-electron chi connectivity index (χ3n) is 8.36. The summed E-state index contributed by atoms with van der Waals surface area (Å²) in [6.45, 7) is 11.7. The standard InChI is InChI=1S/C31H47N5O9/c1-17(2)23-21(27(35-34-23)45-28-26(40)25(39)24(38)22(16-37)44-28)15-19-6-7-20(14-18(19)3)43-13-10-33-29(41)31(4,5)30(42)36-11-8-32-9-12-36/h6-7,14,17,22,24-26,28,32,37-40H,8-13,15-16H2,1-5H3,(H,33,41)(H,34,35)/t22-,24+,25+,26-,28+/m1/s1. The Morgan fingerprint density at radius 3 is 2.51 bits per heavy atom. The molecule has 5 atom stereocenters. The average Bonchev–Trinajstić information content (AvgIpc) is 3.42. The number of ether oxygens (including phenoxy) is 3. The number of nitrogens with one attached hydrogen (secondary N) is 3. The number of carbonyl (C=O) groups is 2. The molecule has 1 aromatic carbocycles. The molecule has 2 aromatic rings. The van der Waals surface area contributed by atoms with Gasteiger partial charge in [0, 0.05) is 43.9 Å². The van der Waals surface area contributed by atoms with Gasteiger partial charge in [-0.2, -0.15) is 0 Å². The van der Waals surface area contributed by atoms with Gasteiger partial charge in [0.1, 0.15) is 42.2 Å². The van der Waals surface area contributed by atoms with Crippen molar-refractivity contribution in [2.24, 2.45) is 5.41 Å². The highest BCUT2D eigenvalue weighted by atomic mass is 16.7. The molecule has 14 heteroatoms. The molecule has 14 nitrogen and oxygen atoms in total. The first-order valence-electron chi connectivity index (χ1n) is 15.4. The number of amides is 2. The molecule has 2 aliphatic rings. The molecule has 0 bridgehead atoms. The average molecular weight is 634 g/mol. The highest BCUT2D eigenvalue weighted by Gasteiger charge is 2.45. The van der Waals surface area contributed by atoms with Crippen LogP contribution in [0.25, 0.3) is 0 Å². The number of nitrogens with zero attached hydrogens (tertiary/aromatic N) is 2. The Morgan fingerprint density at radius 2 is 1.87 bits per heavy atom. The first-order valence-corrected chi connectivity index (χ1v) is 15.4. The van der Waals surface area contributed by atoms with E-state index in [0.29, 0.717) is 38.3 Å². The van der Waals surface area contributed by atoms with Crippen molar-refractivity contribution >= 4 is 11.8 Å². The van der Waals surface area contributed by atoms with Crippen molar-refractivity contribution in [3.05, 3.63) is 40.6 Å². The predicted molar refractivity (Wildman–Crippen MR) is 163 cm³/mol. The fourth-order valence-electron chi connectivity index (χ4n) is 5.44. The summed E-state index contributed by atoms with van der Waals surface area (Å²) in [6, 6.07) is 5.64. The SMILES string of the molecule is Cc1cc(OCCNC(=O)C(C)(C)C(=O)N2CCNCC2)ccc1Cc1c(O[C@@H]2O[C@H](CO)[C@H](O)[C@H](O)[C@H]2O)n[nH]c1C(C)C. The molecule has 4 rings (SSSR count). The third kappa shape index (κ3) is 7.94. The quantitative estimate of drug-likeness (QED) is 0.118. The number of aliphatic hydroxyl groups excluding tert-OH is 4. The van der Waals surface area contributed by atoms with Crippen molar-refractivity contribution in [1.82, 2.24) is 25.7 Å². The second kappa shape index (κ2) is 14.9. The Kier molecular flexibility index (Phi) is 11.4. The molecule has 2 fully saturated rings. The number of aliphatic hydroxyl groups is 4. The van der Waals surface area contributed by atoms with Gasteiger partial charge < -0.3 is 50.2 Å². The van der Waals surface area contributed by atoms with Crippen molar-refractivity contribution in [2.75, 3.05) is 45.9 Å².